The van der Waals surface area contributed by atoms with Gasteiger partial charge < -0.3 is 14.7 Å². The largest absolute Gasteiger partial charge is 0.490 e. The van der Waals surface area contributed by atoms with Gasteiger partial charge in [0.15, 0.2) is 0 Å². The average molecular weight is 432 g/mol. The highest BCUT2D eigenvalue weighted by Gasteiger charge is 2.38. The van der Waals surface area contributed by atoms with Crippen LogP contribution in [-0.2, 0) is 9.53 Å². The molecule has 29 heavy (non-hydrogen) atoms. The van der Waals surface area contributed by atoms with E-state index in [9.17, 15) is 13.2 Å². The molecule has 0 unspecified atom stereocenters. The lowest BCUT2D eigenvalue weighted by Gasteiger charge is -2.39. The minimum Gasteiger partial charge on any atom is -0.475 e. The lowest BCUT2D eigenvalue weighted by molar-refractivity contribution is -0.192. The number of halogens is 3. The zero-order chi connectivity index (χ0) is 20.9. The molecule has 2 saturated heterocycles. The second-order valence-corrected chi connectivity index (χ2v) is 7.79. The molecular formula is C18H23F3N4O3S. The first-order valence-corrected chi connectivity index (χ1v) is 10.3. The van der Waals surface area contributed by atoms with E-state index in [0.29, 0.717) is 6.04 Å². The fraction of sp³-hybridized carbons (Fsp3) is 0.611. The maximum Gasteiger partial charge on any atom is 0.490 e. The molecule has 0 saturated carbocycles. The normalized spacial score (nSPS) is 19.6. The van der Waals surface area contributed by atoms with Gasteiger partial charge in [0.1, 0.15) is 5.69 Å². The van der Waals surface area contributed by atoms with Crippen molar-refractivity contribution in [1.82, 2.24) is 19.9 Å². The summed E-state index contributed by atoms with van der Waals surface area (Å²) in [5.74, 6) is -2.76. The van der Waals surface area contributed by atoms with Crippen molar-refractivity contribution in [2.75, 3.05) is 26.3 Å². The van der Waals surface area contributed by atoms with Crippen LogP contribution in [0.25, 0.3) is 11.3 Å². The second kappa shape index (κ2) is 9.68. The predicted molar refractivity (Wildman–Crippen MR) is 101 cm³/mol. The Balaban J connectivity index is 0.000000298. The number of thiophene rings is 1. The quantitative estimate of drug-likeness (QED) is 0.800. The van der Waals surface area contributed by atoms with Gasteiger partial charge in [-0.25, -0.2) is 9.48 Å². The number of aromatic nitrogens is 3. The van der Waals surface area contributed by atoms with Crippen LogP contribution < -0.4 is 0 Å². The van der Waals surface area contributed by atoms with Crippen LogP contribution in [0, 0.1) is 0 Å². The zero-order valence-electron chi connectivity index (χ0n) is 15.7. The summed E-state index contributed by atoms with van der Waals surface area (Å²) >= 11 is 1.70. The highest BCUT2D eigenvalue weighted by Crippen LogP contribution is 2.27. The number of nitrogens with zero attached hydrogens (tertiary/aromatic N) is 4. The number of likely N-dealkylation sites (tertiary alicyclic amines) is 1. The average Bonchev–Trinajstić information content (AvgIpc) is 3.40. The molecule has 0 aliphatic carbocycles. The van der Waals surface area contributed by atoms with Gasteiger partial charge in [0.2, 0.25) is 0 Å². The fourth-order valence-electron chi connectivity index (χ4n) is 3.56. The molecule has 0 spiro atoms. The van der Waals surface area contributed by atoms with Crippen LogP contribution in [-0.4, -0.2) is 69.5 Å². The summed E-state index contributed by atoms with van der Waals surface area (Å²) < 4.78 is 39.3. The van der Waals surface area contributed by atoms with Gasteiger partial charge in [0, 0.05) is 43.3 Å². The Morgan fingerprint density at radius 2 is 1.83 bits per heavy atom. The van der Waals surface area contributed by atoms with Crippen molar-refractivity contribution in [2.24, 2.45) is 0 Å². The molecule has 4 heterocycles. The molecule has 4 rings (SSSR count). The van der Waals surface area contributed by atoms with Crippen molar-refractivity contribution in [3.8, 4) is 11.3 Å². The van der Waals surface area contributed by atoms with Crippen LogP contribution in [0.4, 0.5) is 13.2 Å². The Hall–Kier alpha value is -1.98. The van der Waals surface area contributed by atoms with Crippen LogP contribution in [0.15, 0.2) is 23.0 Å². The molecule has 0 amide bonds. The van der Waals surface area contributed by atoms with Gasteiger partial charge in [0.05, 0.1) is 12.2 Å². The van der Waals surface area contributed by atoms with Crippen molar-refractivity contribution in [1.29, 1.82) is 0 Å². The first-order valence-electron chi connectivity index (χ1n) is 9.41. The molecule has 0 bridgehead atoms. The summed E-state index contributed by atoms with van der Waals surface area (Å²) in [5.41, 5.74) is 2.17. The Bertz CT molecular complexity index is 768. The molecule has 1 N–H and O–H groups in total. The summed E-state index contributed by atoms with van der Waals surface area (Å²) in [7, 11) is 0. The lowest BCUT2D eigenvalue weighted by Crippen LogP contribution is -2.44. The van der Waals surface area contributed by atoms with E-state index in [0.717, 1.165) is 24.9 Å². The Morgan fingerprint density at radius 3 is 2.38 bits per heavy atom. The topological polar surface area (TPSA) is 80.5 Å². The number of carbonyl (C=O) groups is 1. The van der Waals surface area contributed by atoms with Gasteiger partial charge in [-0.2, -0.15) is 24.5 Å². The number of alkyl halides is 3. The Labute approximate surface area is 170 Å². The first kappa shape index (κ1) is 21.7. The number of rotatable bonds is 3. The highest BCUT2D eigenvalue weighted by molar-refractivity contribution is 7.08. The van der Waals surface area contributed by atoms with Crippen LogP contribution in [0.3, 0.4) is 0 Å². The van der Waals surface area contributed by atoms with Gasteiger partial charge in [-0.1, -0.05) is 5.21 Å². The number of piperidine rings is 1. The maximum absolute atomic E-state index is 10.6. The SMILES string of the molecule is O=C(O)C(F)(F)F.c1cc(-c2cn(C3CCN(C4CCOCC4)CC3)nn2)cs1. The molecule has 11 heteroatoms. The van der Waals surface area contributed by atoms with E-state index < -0.39 is 12.1 Å². The van der Waals surface area contributed by atoms with E-state index in [1.807, 2.05) is 0 Å². The smallest absolute Gasteiger partial charge is 0.475 e. The van der Waals surface area contributed by atoms with Crippen molar-refractivity contribution < 1.29 is 27.8 Å². The van der Waals surface area contributed by atoms with Crippen molar-refractivity contribution in [2.45, 2.75) is 43.9 Å². The summed E-state index contributed by atoms with van der Waals surface area (Å²) in [6, 6.07) is 3.33. The predicted octanol–water partition coefficient (Wildman–Crippen LogP) is 3.46. The number of carboxylic acids is 1. The Morgan fingerprint density at radius 1 is 1.17 bits per heavy atom. The molecular weight excluding hydrogens is 409 g/mol. The molecule has 0 aromatic carbocycles. The number of hydrogen-bond acceptors (Lipinski definition) is 6. The van der Waals surface area contributed by atoms with Gasteiger partial charge in [-0.3, -0.25) is 0 Å². The fourth-order valence-corrected chi connectivity index (χ4v) is 4.21. The second-order valence-electron chi connectivity index (χ2n) is 7.01. The summed E-state index contributed by atoms with van der Waals surface area (Å²) in [6.07, 6.45) is 1.75. The summed E-state index contributed by atoms with van der Waals surface area (Å²) in [4.78, 5) is 11.5. The lowest BCUT2D eigenvalue weighted by atomic mass is 10.00. The van der Waals surface area contributed by atoms with E-state index in [1.165, 1.54) is 44.3 Å². The monoisotopic (exact) mass is 432 g/mol. The molecule has 2 aliphatic heterocycles. The molecule has 2 fully saturated rings. The zero-order valence-corrected chi connectivity index (χ0v) is 16.5. The van der Waals surface area contributed by atoms with Crippen molar-refractivity contribution in [3.63, 3.8) is 0 Å². The molecule has 0 radical (unpaired) electrons. The Kier molecular flexibility index (Phi) is 7.25. The van der Waals surface area contributed by atoms with Gasteiger partial charge >= 0.3 is 12.1 Å². The minimum atomic E-state index is -5.08. The van der Waals surface area contributed by atoms with Crippen LogP contribution in [0.1, 0.15) is 31.7 Å². The van der Waals surface area contributed by atoms with Gasteiger partial charge in [-0.15, -0.1) is 5.10 Å². The van der Waals surface area contributed by atoms with Crippen LogP contribution >= 0.6 is 11.3 Å². The third-order valence-electron chi connectivity index (χ3n) is 5.15. The highest BCUT2D eigenvalue weighted by atomic mass is 32.1. The number of ether oxygens (including phenoxy) is 1. The van der Waals surface area contributed by atoms with Crippen molar-refractivity contribution in [3.05, 3.63) is 23.0 Å². The first-order chi connectivity index (χ1) is 13.8. The van der Waals surface area contributed by atoms with E-state index in [1.54, 1.807) is 11.3 Å². The van der Waals surface area contributed by atoms with Crippen LogP contribution in [0.2, 0.25) is 0 Å². The van der Waals surface area contributed by atoms with E-state index in [-0.39, 0.29) is 0 Å². The number of carboxylic acid groups (broad SMARTS) is 1. The standard InChI is InChI=1S/C16H22N4OS.C2HF3O2/c1-6-19(14-3-8-21-9-4-14)7-2-15(1)20-11-16(17-18-20)13-5-10-22-12-13;3-2(4,5)1(6)7/h5,10-12,14-15H,1-4,6-9H2;(H,6,7). The van der Waals surface area contributed by atoms with Crippen molar-refractivity contribution >= 4 is 17.3 Å². The van der Waals surface area contributed by atoms with E-state index >= 15 is 0 Å². The third kappa shape index (κ3) is 6.00. The van der Waals surface area contributed by atoms with Gasteiger partial charge in [0.25, 0.3) is 0 Å². The minimum absolute atomic E-state index is 0.496. The number of hydrogen-bond donors (Lipinski definition) is 1. The third-order valence-corrected chi connectivity index (χ3v) is 5.83. The number of aliphatic carboxylic acids is 1. The molecule has 2 aromatic heterocycles. The summed E-state index contributed by atoms with van der Waals surface area (Å²) in [6.45, 7) is 4.20. The molecule has 0 atom stereocenters. The molecule has 160 valence electrons. The van der Waals surface area contributed by atoms with Crippen LogP contribution in [0.5, 0.6) is 0 Å². The molecule has 2 aliphatic rings. The van der Waals surface area contributed by atoms with Gasteiger partial charge in [-0.05, 0) is 37.1 Å². The maximum atomic E-state index is 10.6. The van der Waals surface area contributed by atoms with E-state index in [4.69, 9.17) is 14.6 Å². The van der Waals surface area contributed by atoms with E-state index in [2.05, 4.69) is 42.9 Å². The molecule has 2 aromatic rings. The summed E-state index contributed by atoms with van der Waals surface area (Å²) in [5, 5.41) is 20.0. The molecule has 7 nitrogen and oxygen atoms in total.